The van der Waals surface area contributed by atoms with Gasteiger partial charge in [0.15, 0.2) is 5.76 Å². The molecule has 100 valence electrons. The fourth-order valence-electron chi connectivity index (χ4n) is 1.73. The lowest BCUT2D eigenvalue weighted by atomic mass is 10.2. The van der Waals surface area contributed by atoms with Gasteiger partial charge in [0.2, 0.25) is 0 Å². The van der Waals surface area contributed by atoms with Crippen LogP contribution in [0.1, 0.15) is 12.7 Å². The molecule has 1 aromatic carbocycles. The van der Waals surface area contributed by atoms with Gasteiger partial charge in [-0.25, -0.2) is 0 Å². The molecule has 0 spiro atoms. The molecule has 0 aliphatic rings. The van der Waals surface area contributed by atoms with Gasteiger partial charge < -0.3 is 15.2 Å². The van der Waals surface area contributed by atoms with Crippen molar-refractivity contribution in [1.82, 2.24) is 5.16 Å². The van der Waals surface area contributed by atoms with Crippen molar-refractivity contribution in [3.8, 4) is 0 Å². The van der Waals surface area contributed by atoms with Crippen LogP contribution in [0, 0.1) is 10.1 Å². The largest absolute Gasteiger partial charge is 0.380 e. The summed E-state index contributed by atoms with van der Waals surface area (Å²) in [6, 6.07) is 6.80. The van der Waals surface area contributed by atoms with Gasteiger partial charge in [-0.3, -0.25) is 10.1 Å². The highest BCUT2D eigenvalue weighted by atomic mass is 16.6. The molecule has 0 bridgehead atoms. The Morgan fingerprint density at radius 1 is 1.32 bits per heavy atom. The highest BCUT2D eigenvalue weighted by Gasteiger charge is 2.19. The molecule has 0 aliphatic heterocycles. The predicted molar refractivity (Wildman–Crippen MR) is 71.1 cm³/mol. The van der Waals surface area contributed by atoms with E-state index in [0.29, 0.717) is 30.2 Å². The molecule has 19 heavy (non-hydrogen) atoms. The van der Waals surface area contributed by atoms with Gasteiger partial charge in [0, 0.05) is 12.6 Å². The van der Waals surface area contributed by atoms with E-state index in [-0.39, 0.29) is 5.69 Å². The summed E-state index contributed by atoms with van der Waals surface area (Å²) in [5.41, 5.74) is 0.971. The molecule has 1 heterocycles. The third-order valence-electron chi connectivity index (χ3n) is 2.53. The SMILES string of the molecule is CCNc1cccc(NCc2ccno2)c1[N+](=O)[O-]. The standard InChI is InChI=1S/C12H14N4O3/c1-2-13-10-4-3-5-11(12(10)16(17)18)14-8-9-6-7-15-19-9/h3-7,13-14H,2,8H2,1H3. The Bertz CT molecular complexity index is 554. The van der Waals surface area contributed by atoms with E-state index in [1.807, 2.05) is 6.92 Å². The lowest BCUT2D eigenvalue weighted by Crippen LogP contribution is -2.06. The minimum Gasteiger partial charge on any atom is -0.380 e. The van der Waals surface area contributed by atoms with E-state index >= 15 is 0 Å². The topological polar surface area (TPSA) is 93.2 Å². The summed E-state index contributed by atoms with van der Waals surface area (Å²) in [6.45, 7) is 2.85. The number of aromatic nitrogens is 1. The van der Waals surface area contributed by atoms with E-state index in [9.17, 15) is 10.1 Å². The van der Waals surface area contributed by atoms with Crippen molar-refractivity contribution in [2.24, 2.45) is 0 Å². The highest BCUT2D eigenvalue weighted by Crippen LogP contribution is 2.32. The fraction of sp³-hybridized carbons (Fsp3) is 0.250. The van der Waals surface area contributed by atoms with Crippen LogP contribution in [0.15, 0.2) is 35.0 Å². The first-order valence-corrected chi connectivity index (χ1v) is 5.87. The van der Waals surface area contributed by atoms with Gasteiger partial charge in [-0.1, -0.05) is 11.2 Å². The zero-order chi connectivity index (χ0) is 13.7. The molecule has 0 unspecified atom stereocenters. The van der Waals surface area contributed by atoms with Crippen LogP contribution in [0.3, 0.4) is 0 Å². The zero-order valence-corrected chi connectivity index (χ0v) is 10.4. The number of nitro groups is 1. The maximum atomic E-state index is 11.2. The van der Waals surface area contributed by atoms with E-state index in [1.165, 1.54) is 6.20 Å². The van der Waals surface area contributed by atoms with E-state index < -0.39 is 4.92 Å². The molecule has 0 saturated heterocycles. The van der Waals surface area contributed by atoms with Crippen molar-refractivity contribution < 1.29 is 9.45 Å². The van der Waals surface area contributed by atoms with Crippen LogP contribution in [0.4, 0.5) is 17.1 Å². The smallest absolute Gasteiger partial charge is 0.315 e. The van der Waals surface area contributed by atoms with Gasteiger partial charge in [-0.05, 0) is 19.1 Å². The van der Waals surface area contributed by atoms with E-state index in [0.717, 1.165) is 0 Å². The molecule has 0 aliphatic carbocycles. The minimum atomic E-state index is -0.402. The van der Waals surface area contributed by atoms with Crippen LogP contribution in [-0.2, 0) is 6.54 Å². The van der Waals surface area contributed by atoms with Crippen molar-refractivity contribution in [2.45, 2.75) is 13.5 Å². The number of para-hydroxylation sites is 1. The molecule has 2 rings (SSSR count). The van der Waals surface area contributed by atoms with Gasteiger partial charge in [0.05, 0.1) is 17.7 Å². The first-order valence-electron chi connectivity index (χ1n) is 5.87. The van der Waals surface area contributed by atoms with Gasteiger partial charge in [0.25, 0.3) is 0 Å². The average Bonchev–Trinajstić information content (AvgIpc) is 2.89. The summed E-state index contributed by atoms with van der Waals surface area (Å²) in [4.78, 5) is 10.8. The second-order valence-corrected chi connectivity index (χ2v) is 3.82. The Balaban J connectivity index is 2.23. The van der Waals surface area contributed by atoms with Crippen LogP contribution < -0.4 is 10.6 Å². The van der Waals surface area contributed by atoms with Crippen LogP contribution in [0.5, 0.6) is 0 Å². The summed E-state index contributed by atoms with van der Waals surface area (Å²) >= 11 is 0. The van der Waals surface area contributed by atoms with Gasteiger partial charge in [-0.15, -0.1) is 0 Å². The van der Waals surface area contributed by atoms with Crippen molar-refractivity contribution >= 4 is 17.1 Å². The van der Waals surface area contributed by atoms with Gasteiger partial charge in [0.1, 0.15) is 11.4 Å². The first kappa shape index (κ1) is 12.9. The molecular weight excluding hydrogens is 248 g/mol. The summed E-state index contributed by atoms with van der Waals surface area (Å²) in [6.07, 6.45) is 1.53. The van der Waals surface area contributed by atoms with Crippen LogP contribution in [-0.4, -0.2) is 16.6 Å². The predicted octanol–water partition coefficient (Wildman–Crippen LogP) is 2.63. The quantitative estimate of drug-likeness (QED) is 0.614. The lowest BCUT2D eigenvalue weighted by Gasteiger charge is -2.09. The van der Waals surface area contributed by atoms with Crippen LogP contribution >= 0.6 is 0 Å². The second-order valence-electron chi connectivity index (χ2n) is 3.82. The second kappa shape index (κ2) is 5.85. The van der Waals surface area contributed by atoms with Crippen molar-refractivity contribution in [3.05, 3.63) is 46.3 Å². The zero-order valence-electron chi connectivity index (χ0n) is 10.4. The molecule has 0 radical (unpaired) electrons. The summed E-state index contributed by atoms with van der Waals surface area (Å²) in [5.74, 6) is 0.614. The molecule has 0 amide bonds. The number of hydrogen-bond acceptors (Lipinski definition) is 6. The first-order chi connectivity index (χ1) is 9.22. The molecule has 1 aromatic heterocycles. The summed E-state index contributed by atoms with van der Waals surface area (Å²) in [5, 5.41) is 20.7. The van der Waals surface area contributed by atoms with Gasteiger partial charge in [-0.2, -0.15) is 0 Å². The Morgan fingerprint density at radius 3 is 2.63 bits per heavy atom. The average molecular weight is 262 g/mol. The maximum Gasteiger partial charge on any atom is 0.315 e. The third-order valence-corrected chi connectivity index (χ3v) is 2.53. The van der Waals surface area contributed by atoms with Crippen LogP contribution in [0.2, 0.25) is 0 Å². The molecule has 7 nitrogen and oxygen atoms in total. The fourth-order valence-corrected chi connectivity index (χ4v) is 1.73. The number of nitrogens with one attached hydrogen (secondary N) is 2. The molecular formula is C12H14N4O3. The van der Waals surface area contributed by atoms with E-state index in [4.69, 9.17) is 4.52 Å². The van der Waals surface area contributed by atoms with E-state index in [2.05, 4.69) is 15.8 Å². The minimum absolute atomic E-state index is 0.0314. The normalized spacial score (nSPS) is 10.2. The summed E-state index contributed by atoms with van der Waals surface area (Å²) in [7, 11) is 0. The number of hydrogen-bond donors (Lipinski definition) is 2. The number of benzene rings is 1. The Labute approximate surface area is 109 Å². The Kier molecular flexibility index (Phi) is 3.97. The third kappa shape index (κ3) is 3.01. The Hall–Kier alpha value is -2.57. The number of nitrogens with zero attached hydrogens (tertiary/aromatic N) is 2. The van der Waals surface area contributed by atoms with Crippen molar-refractivity contribution in [1.29, 1.82) is 0 Å². The van der Waals surface area contributed by atoms with Gasteiger partial charge >= 0.3 is 5.69 Å². The molecule has 0 saturated carbocycles. The molecule has 2 N–H and O–H groups in total. The van der Waals surface area contributed by atoms with Crippen molar-refractivity contribution in [3.63, 3.8) is 0 Å². The Morgan fingerprint density at radius 2 is 2.05 bits per heavy atom. The highest BCUT2D eigenvalue weighted by molar-refractivity contribution is 5.76. The number of rotatable bonds is 6. The lowest BCUT2D eigenvalue weighted by molar-refractivity contribution is -0.383. The molecule has 2 aromatic rings. The maximum absolute atomic E-state index is 11.2. The molecule has 0 fully saturated rings. The molecule has 7 heteroatoms. The molecule has 0 atom stereocenters. The summed E-state index contributed by atoms with van der Waals surface area (Å²) < 4.78 is 4.94. The monoisotopic (exact) mass is 262 g/mol. The number of nitro benzene ring substituents is 1. The van der Waals surface area contributed by atoms with Crippen molar-refractivity contribution in [2.75, 3.05) is 17.2 Å². The number of anilines is 2. The van der Waals surface area contributed by atoms with E-state index in [1.54, 1.807) is 24.3 Å². The van der Waals surface area contributed by atoms with Crippen LogP contribution in [0.25, 0.3) is 0 Å².